The molecule has 3 rings (SSSR count). The van der Waals surface area contributed by atoms with Crippen LogP contribution in [0.4, 0.5) is 5.13 Å². The Labute approximate surface area is 117 Å². The highest BCUT2D eigenvalue weighted by molar-refractivity contribution is 7.17. The Bertz CT molecular complexity index is 478. The number of carboxylic acid groups (broad SMARTS) is 1. The summed E-state index contributed by atoms with van der Waals surface area (Å²) in [4.78, 5) is 18.8. The molecule has 4 nitrogen and oxygen atoms in total. The molecule has 2 fully saturated rings. The second-order valence-electron chi connectivity index (χ2n) is 5.68. The first-order chi connectivity index (χ1) is 9.19. The highest BCUT2D eigenvalue weighted by Crippen LogP contribution is 2.44. The molecule has 0 amide bonds. The Morgan fingerprint density at radius 1 is 1.42 bits per heavy atom. The third-order valence-corrected chi connectivity index (χ3v) is 4.86. The molecular weight excluding hydrogens is 260 g/mol. The minimum absolute atomic E-state index is 0.403. The van der Waals surface area contributed by atoms with Crippen LogP contribution >= 0.6 is 11.3 Å². The third kappa shape index (κ3) is 2.91. The topological polar surface area (TPSA) is 53.4 Å². The van der Waals surface area contributed by atoms with Gasteiger partial charge in [0.25, 0.3) is 0 Å². The Hall–Kier alpha value is -1.10. The van der Waals surface area contributed by atoms with Gasteiger partial charge in [0.15, 0.2) is 5.13 Å². The van der Waals surface area contributed by atoms with Gasteiger partial charge in [-0.2, -0.15) is 0 Å². The lowest BCUT2D eigenvalue weighted by atomic mass is 10.2. The normalized spacial score (nSPS) is 18.6. The number of rotatable bonds is 7. The number of thiazole rings is 1. The molecule has 104 valence electrons. The molecule has 0 unspecified atom stereocenters. The first kappa shape index (κ1) is 12.9. The van der Waals surface area contributed by atoms with Crippen molar-refractivity contribution in [1.29, 1.82) is 0 Å². The van der Waals surface area contributed by atoms with E-state index in [1.807, 2.05) is 0 Å². The predicted octanol–water partition coefficient (Wildman–Crippen LogP) is 3.35. The number of aromatic nitrogens is 1. The summed E-state index contributed by atoms with van der Waals surface area (Å²) >= 11 is 1.37. The summed E-state index contributed by atoms with van der Waals surface area (Å²) in [5.74, 6) is 0.391. The molecule has 2 aliphatic rings. The van der Waals surface area contributed by atoms with E-state index in [2.05, 4.69) is 16.8 Å². The van der Waals surface area contributed by atoms with E-state index in [4.69, 9.17) is 0 Å². The van der Waals surface area contributed by atoms with Gasteiger partial charge < -0.3 is 10.0 Å². The van der Waals surface area contributed by atoms with Gasteiger partial charge in [-0.15, -0.1) is 0 Å². The van der Waals surface area contributed by atoms with Gasteiger partial charge in [-0.05, 0) is 38.0 Å². The zero-order valence-electron chi connectivity index (χ0n) is 11.3. The number of carboxylic acids is 1. The molecule has 1 heterocycles. The largest absolute Gasteiger partial charge is 0.477 e. The maximum atomic E-state index is 11.3. The number of hydrogen-bond donors (Lipinski definition) is 1. The summed E-state index contributed by atoms with van der Waals surface area (Å²) in [6.45, 7) is 4.19. The summed E-state index contributed by atoms with van der Waals surface area (Å²) in [5.41, 5.74) is 0.837. The van der Waals surface area contributed by atoms with E-state index in [1.54, 1.807) is 0 Å². The van der Waals surface area contributed by atoms with Gasteiger partial charge in [0.1, 0.15) is 4.88 Å². The van der Waals surface area contributed by atoms with Crippen molar-refractivity contribution in [2.24, 2.45) is 5.92 Å². The Balaban J connectivity index is 1.84. The highest BCUT2D eigenvalue weighted by Gasteiger charge is 2.33. The molecule has 2 aliphatic carbocycles. The molecule has 5 heteroatoms. The average Bonchev–Trinajstić information content (AvgIpc) is 3.29. The van der Waals surface area contributed by atoms with Gasteiger partial charge in [-0.25, -0.2) is 9.78 Å². The zero-order valence-corrected chi connectivity index (χ0v) is 12.1. The van der Waals surface area contributed by atoms with Crippen molar-refractivity contribution in [2.75, 3.05) is 18.0 Å². The molecule has 1 aromatic rings. The Kier molecular flexibility index (Phi) is 3.48. The molecular formula is C14H20N2O2S. The molecule has 0 aliphatic heterocycles. The molecule has 0 radical (unpaired) electrons. The molecule has 1 N–H and O–H groups in total. The van der Waals surface area contributed by atoms with Gasteiger partial charge in [0.2, 0.25) is 0 Å². The van der Waals surface area contributed by atoms with E-state index in [9.17, 15) is 9.90 Å². The molecule has 0 spiro atoms. The van der Waals surface area contributed by atoms with E-state index in [0.717, 1.165) is 49.1 Å². The summed E-state index contributed by atoms with van der Waals surface area (Å²) in [6, 6.07) is 0. The van der Waals surface area contributed by atoms with Crippen molar-refractivity contribution >= 4 is 22.4 Å². The third-order valence-electron chi connectivity index (χ3n) is 3.74. The number of aromatic carboxylic acids is 1. The fourth-order valence-corrected chi connectivity index (χ4v) is 3.41. The Morgan fingerprint density at radius 2 is 2.16 bits per heavy atom. The van der Waals surface area contributed by atoms with Crippen molar-refractivity contribution in [1.82, 2.24) is 4.98 Å². The second kappa shape index (κ2) is 5.12. The molecule has 0 atom stereocenters. The van der Waals surface area contributed by atoms with Crippen LogP contribution in [0.2, 0.25) is 0 Å². The van der Waals surface area contributed by atoms with Crippen LogP contribution in [0.5, 0.6) is 0 Å². The number of anilines is 1. The second-order valence-corrected chi connectivity index (χ2v) is 6.66. The fourth-order valence-electron chi connectivity index (χ4n) is 2.39. The quantitative estimate of drug-likeness (QED) is 0.832. The van der Waals surface area contributed by atoms with Crippen molar-refractivity contribution in [3.8, 4) is 0 Å². The number of hydrogen-bond acceptors (Lipinski definition) is 4. The Morgan fingerprint density at radius 3 is 2.68 bits per heavy atom. The first-order valence-corrected chi connectivity index (χ1v) is 7.99. The minimum atomic E-state index is -0.812. The minimum Gasteiger partial charge on any atom is -0.477 e. The van der Waals surface area contributed by atoms with Crippen molar-refractivity contribution < 1.29 is 9.90 Å². The zero-order chi connectivity index (χ0) is 13.4. The van der Waals surface area contributed by atoms with Crippen LogP contribution < -0.4 is 4.90 Å². The maximum absolute atomic E-state index is 11.3. The van der Waals surface area contributed by atoms with Crippen LogP contribution in [0.3, 0.4) is 0 Å². The first-order valence-electron chi connectivity index (χ1n) is 7.18. The summed E-state index contributed by atoms with van der Waals surface area (Å²) < 4.78 is 0. The van der Waals surface area contributed by atoms with Crippen LogP contribution in [0.1, 0.15) is 60.3 Å². The van der Waals surface area contributed by atoms with E-state index in [0.29, 0.717) is 10.8 Å². The van der Waals surface area contributed by atoms with Crippen molar-refractivity contribution in [2.45, 2.75) is 44.9 Å². The van der Waals surface area contributed by atoms with Crippen molar-refractivity contribution in [3.63, 3.8) is 0 Å². The van der Waals surface area contributed by atoms with Crippen LogP contribution in [-0.2, 0) is 0 Å². The van der Waals surface area contributed by atoms with Gasteiger partial charge in [0.05, 0.1) is 5.69 Å². The van der Waals surface area contributed by atoms with Crippen LogP contribution in [0.15, 0.2) is 0 Å². The lowest BCUT2D eigenvalue weighted by molar-refractivity contribution is 0.0700. The molecule has 19 heavy (non-hydrogen) atoms. The molecule has 2 saturated carbocycles. The monoisotopic (exact) mass is 280 g/mol. The van der Waals surface area contributed by atoms with Crippen molar-refractivity contribution in [3.05, 3.63) is 10.6 Å². The summed E-state index contributed by atoms with van der Waals surface area (Å²) in [6.07, 6.45) is 5.90. The molecule has 1 aromatic heterocycles. The predicted molar refractivity (Wildman–Crippen MR) is 76.3 cm³/mol. The smallest absolute Gasteiger partial charge is 0.347 e. The summed E-state index contributed by atoms with van der Waals surface area (Å²) in [7, 11) is 0. The van der Waals surface area contributed by atoms with Crippen LogP contribution in [0, 0.1) is 5.92 Å². The molecule has 0 saturated heterocycles. The van der Waals surface area contributed by atoms with E-state index in [-0.39, 0.29) is 0 Å². The van der Waals surface area contributed by atoms with E-state index < -0.39 is 5.97 Å². The lowest BCUT2D eigenvalue weighted by Crippen LogP contribution is -2.26. The number of carbonyl (C=O) groups is 1. The van der Waals surface area contributed by atoms with Gasteiger partial charge in [0, 0.05) is 19.0 Å². The van der Waals surface area contributed by atoms with Crippen LogP contribution in [-0.4, -0.2) is 29.1 Å². The fraction of sp³-hybridized carbons (Fsp3) is 0.714. The van der Waals surface area contributed by atoms with Gasteiger partial charge >= 0.3 is 5.97 Å². The number of nitrogens with zero attached hydrogens (tertiary/aromatic N) is 2. The van der Waals surface area contributed by atoms with E-state index in [1.165, 1.54) is 24.2 Å². The standard InChI is InChI=1S/C14H20N2O2S/c1-2-7-16(8-9-3-4-9)14-15-11(10-5-6-10)12(19-14)13(17)18/h9-10H,2-8H2,1H3,(H,17,18). The highest BCUT2D eigenvalue weighted by atomic mass is 32.1. The molecule has 0 bridgehead atoms. The maximum Gasteiger partial charge on any atom is 0.347 e. The summed E-state index contributed by atoms with van der Waals surface area (Å²) in [5, 5.41) is 10.2. The van der Waals surface area contributed by atoms with Gasteiger partial charge in [-0.3, -0.25) is 0 Å². The average molecular weight is 280 g/mol. The van der Waals surface area contributed by atoms with E-state index >= 15 is 0 Å². The SMILES string of the molecule is CCCN(CC1CC1)c1nc(C2CC2)c(C(=O)O)s1. The van der Waals surface area contributed by atoms with Gasteiger partial charge in [-0.1, -0.05) is 18.3 Å². The van der Waals surface area contributed by atoms with Crippen LogP contribution in [0.25, 0.3) is 0 Å². The molecule has 0 aromatic carbocycles. The lowest BCUT2D eigenvalue weighted by Gasteiger charge is -2.20.